The second kappa shape index (κ2) is 8.20. The zero-order chi connectivity index (χ0) is 17.7. The van der Waals surface area contributed by atoms with Crippen molar-refractivity contribution in [3.63, 3.8) is 0 Å². The fourth-order valence-electron chi connectivity index (χ4n) is 3.10. The molecule has 0 aliphatic carbocycles. The van der Waals surface area contributed by atoms with Gasteiger partial charge in [-0.3, -0.25) is 4.79 Å². The number of amides is 1. The van der Waals surface area contributed by atoms with Crippen LogP contribution in [0, 0.1) is 0 Å². The Labute approximate surface area is 148 Å². The monoisotopic (exact) mass is 345 g/mol. The van der Waals surface area contributed by atoms with E-state index in [1.807, 2.05) is 37.3 Å². The van der Waals surface area contributed by atoms with Crippen LogP contribution in [0.2, 0.25) is 0 Å². The van der Waals surface area contributed by atoms with Gasteiger partial charge in [0.05, 0.1) is 11.7 Å². The van der Waals surface area contributed by atoms with Crippen LogP contribution in [-0.4, -0.2) is 16.9 Å². The van der Waals surface area contributed by atoms with E-state index in [2.05, 4.69) is 13.8 Å². The van der Waals surface area contributed by atoms with Crippen LogP contribution >= 0.6 is 11.6 Å². The molecule has 0 fully saturated rings. The van der Waals surface area contributed by atoms with E-state index in [1.54, 1.807) is 17.0 Å². The number of aromatic hydroxyl groups is 1. The van der Waals surface area contributed by atoms with Gasteiger partial charge in [0, 0.05) is 5.56 Å². The molecule has 4 heteroatoms. The molecule has 24 heavy (non-hydrogen) atoms. The van der Waals surface area contributed by atoms with Gasteiger partial charge in [-0.2, -0.15) is 0 Å². The lowest BCUT2D eigenvalue weighted by atomic mass is 9.98. The molecule has 1 amide bonds. The first-order chi connectivity index (χ1) is 11.5. The molecule has 0 bridgehead atoms. The van der Waals surface area contributed by atoms with Gasteiger partial charge in [-0.25, -0.2) is 0 Å². The van der Waals surface area contributed by atoms with Gasteiger partial charge in [-0.1, -0.05) is 50.2 Å². The molecule has 0 radical (unpaired) electrons. The maximum absolute atomic E-state index is 12.7. The van der Waals surface area contributed by atoms with Crippen LogP contribution in [-0.2, 0) is 17.6 Å². The van der Waals surface area contributed by atoms with Crippen molar-refractivity contribution in [2.24, 2.45) is 0 Å². The van der Waals surface area contributed by atoms with Crippen molar-refractivity contribution in [1.82, 2.24) is 0 Å². The van der Waals surface area contributed by atoms with Crippen molar-refractivity contribution < 1.29 is 9.90 Å². The molecule has 2 aromatic rings. The Morgan fingerprint density at radius 2 is 1.67 bits per heavy atom. The largest absolute Gasteiger partial charge is 0.508 e. The molecule has 3 nitrogen and oxygen atoms in total. The van der Waals surface area contributed by atoms with E-state index < -0.39 is 0 Å². The molecule has 0 saturated carbocycles. The Kier molecular flexibility index (Phi) is 6.27. The number of carbonyl (C=O) groups excluding carboxylic acids is 1. The van der Waals surface area contributed by atoms with Crippen LogP contribution in [0.1, 0.15) is 43.5 Å². The first kappa shape index (κ1) is 18.3. The third-order valence-corrected chi connectivity index (χ3v) is 4.59. The molecule has 1 atom stereocenters. The van der Waals surface area contributed by atoms with Gasteiger partial charge in [0.25, 0.3) is 0 Å². The molecule has 1 N–H and O–H groups in total. The second-order valence-corrected chi connectivity index (χ2v) is 6.03. The first-order valence-electron chi connectivity index (χ1n) is 8.31. The number of anilines is 1. The second-order valence-electron chi connectivity index (χ2n) is 5.76. The summed E-state index contributed by atoms with van der Waals surface area (Å²) < 4.78 is 0. The van der Waals surface area contributed by atoms with Gasteiger partial charge >= 0.3 is 0 Å². The summed E-state index contributed by atoms with van der Waals surface area (Å²) >= 11 is 5.91. The van der Waals surface area contributed by atoms with Crippen molar-refractivity contribution in [3.05, 3.63) is 59.2 Å². The Morgan fingerprint density at radius 3 is 2.17 bits per heavy atom. The maximum atomic E-state index is 12.7. The highest BCUT2D eigenvalue weighted by atomic mass is 35.5. The summed E-state index contributed by atoms with van der Waals surface area (Å²) in [5, 5.41) is 10.2. The SMILES string of the molecule is CCc1cccc(CC)c1N(C(=O)CCl)C(C)c1ccccc1O. The highest BCUT2D eigenvalue weighted by Gasteiger charge is 2.27. The van der Waals surface area contributed by atoms with E-state index in [-0.39, 0.29) is 23.6 Å². The quantitative estimate of drug-likeness (QED) is 0.760. The highest BCUT2D eigenvalue weighted by Crippen LogP contribution is 2.36. The molecule has 0 saturated heterocycles. The molecule has 128 valence electrons. The van der Waals surface area contributed by atoms with Crippen molar-refractivity contribution >= 4 is 23.2 Å². The predicted molar refractivity (Wildman–Crippen MR) is 99.9 cm³/mol. The number of phenolic OH excluding ortho intramolecular Hbond substituents is 1. The van der Waals surface area contributed by atoms with Gasteiger partial charge in [-0.05, 0) is 37.0 Å². The molecule has 0 aromatic heterocycles. The predicted octanol–water partition coefficient (Wildman–Crippen LogP) is 4.85. The van der Waals surface area contributed by atoms with Crippen molar-refractivity contribution in [2.75, 3.05) is 10.8 Å². The Hall–Kier alpha value is -2.00. The lowest BCUT2D eigenvalue weighted by Gasteiger charge is -2.33. The maximum Gasteiger partial charge on any atom is 0.242 e. The zero-order valence-electron chi connectivity index (χ0n) is 14.4. The molecule has 2 rings (SSSR count). The van der Waals surface area contributed by atoms with E-state index in [0.29, 0.717) is 5.56 Å². The summed E-state index contributed by atoms with van der Waals surface area (Å²) in [5.74, 6) is -0.0773. The lowest BCUT2D eigenvalue weighted by molar-refractivity contribution is -0.116. The summed E-state index contributed by atoms with van der Waals surface area (Å²) in [6, 6.07) is 12.9. The zero-order valence-corrected chi connectivity index (χ0v) is 15.2. The van der Waals surface area contributed by atoms with Crippen molar-refractivity contribution in [2.45, 2.75) is 39.7 Å². The number of para-hydroxylation sites is 2. The molecule has 0 spiro atoms. The van der Waals surface area contributed by atoms with Gasteiger partial charge in [0.15, 0.2) is 0 Å². The molecular weight excluding hydrogens is 322 g/mol. The minimum Gasteiger partial charge on any atom is -0.508 e. The molecule has 2 aromatic carbocycles. The van der Waals surface area contributed by atoms with Gasteiger partial charge in [0.1, 0.15) is 11.6 Å². The Morgan fingerprint density at radius 1 is 1.08 bits per heavy atom. The number of halogens is 1. The van der Waals surface area contributed by atoms with Gasteiger partial charge in [-0.15, -0.1) is 11.6 Å². The van der Waals surface area contributed by atoms with Crippen LogP contribution in [0.15, 0.2) is 42.5 Å². The number of carbonyl (C=O) groups is 1. The third-order valence-electron chi connectivity index (χ3n) is 4.36. The summed E-state index contributed by atoms with van der Waals surface area (Å²) in [4.78, 5) is 14.4. The fraction of sp³-hybridized carbons (Fsp3) is 0.350. The summed E-state index contributed by atoms with van der Waals surface area (Å²) in [5.41, 5.74) is 3.85. The Balaban J connectivity index is 2.63. The van der Waals surface area contributed by atoms with Crippen LogP contribution in [0.3, 0.4) is 0 Å². The summed E-state index contributed by atoms with van der Waals surface area (Å²) in [7, 11) is 0. The van der Waals surface area contributed by atoms with E-state index in [1.165, 1.54) is 0 Å². The average Bonchev–Trinajstić information content (AvgIpc) is 2.61. The van der Waals surface area contributed by atoms with E-state index in [0.717, 1.165) is 29.7 Å². The van der Waals surface area contributed by atoms with Crippen LogP contribution in [0.25, 0.3) is 0 Å². The molecule has 0 aliphatic heterocycles. The lowest BCUT2D eigenvalue weighted by Crippen LogP contribution is -2.36. The smallest absolute Gasteiger partial charge is 0.242 e. The van der Waals surface area contributed by atoms with Gasteiger partial charge in [0.2, 0.25) is 5.91 Å². The third kappa shape index (κ3) is 3.57. The van der Waals surface area contributed by atoms with Crippen molar-refractivity contribution in [1.29, 1.82) is 0 Å². The fourth-order valence-corrected chi connectivity index (χ4v) is 3.23. The van der Waals surface area contributed by atoms with Crippen LogP contribution in [0.4, 0.5) is 5.69 Å². The number of benzene rings is 2. The number of rotatable bonds is 6. The molecular formula is C20H24ClNO2. The number of hydrogen-bond donors (Lipinski definition) is 1. The number of aryl methyl sites for hydroxylation is 2. The van der Waals surface area contributed by atoms with Crippen LogP contribution < -0.4 is 4.90 Å². The molecule has 1 unspecified atom stereocenters. The minimum atomic E-state index is -0.310. The van der Waals surface area contributed by atoms with E-state index in [4.69, 9.17) is 11.6 Å². The van der Waals surface area contributed by atoms with E-state index >= 15 is 0 Å². The molecule has 0 heterocycles. The first-order valence-corrected chi connectivity index (χ1v) is 8.85. The number of alkyl halides is 1. The Bertz CT molecular complexity index is 692. The van der Waals surface area contributed by atoms with Crippen molar-refractivity contribution in [3.8, 4) is 5.75 Å². The van der Waals surface area contributed by atoms with E-state index in [9.17, 15) is 9.90 Å². The number of phenols is 1. The summed E-state index contributed by atoms with van der Waals surface area (Å²) in [6.07, 6.45) is 1.64. The normalized spacial score (nSPS) is 12.0. The average molecular weight is 346 g/mol. The topological polar surface area (TPSA) is 40.5 Å². The highest BCUT2D eigenvalue weighted by molar-refractivity contribution is 6.29. The standard InChI is InChI=1S/C20H24ClNO2/c1-4-15-9-8-10-16(5-2)20(15)22(19(24)13-21)14(3)17-11-6-7-12-18(17)23/h6-12,14,23H,4-5,13H2,1-3H3. The summed E-state index contributed by atoms with van der Waals surface area (Å²) in [6.45, 7) is 6.07. The minimum absolute atomic E-state index is 0.0981. The number of nitrogens with zero attached hydrogens (tertiary/aromatic N) is 1. The van der Waals surface area contributed by atoms with Gasteiger partial charge < -0.3 is 10.0 Å². The number of hydrogen-bond acceptors (Lipinski definition) is 2. The van der Waals surface area contributed by atoms with Crippen LogP contribution in [0.5, 0.6) is 5.75 Å². The molecule has 0 aliphatic rings.